The Morgan fingerprint density at radius 3 is 1.93 bits per heavy atom. The van der Waals surface area contributed by atoms with E-state index in [4.69, 9.17) is 0 Å². The molecule has 0 aliphatic rings. The van der Waals surface area contributed by atoms with E-state index in [1.807, 2.05) is 55.5 Å². The molecule has 2 nitrogen and oxygen atoms in total. The highest BCUT2D eigenvalue weighted by Gasteiger charge is 1.89. The molecule has 2 rings (SSSR count). The van der Waals surface area contributed by atoms with Crippen molar-refractivity contribution in [3.63, 3.8) is 0 Å². The second kappa shape index (κ2) is 4.51. The van der Waals surface area contributed by atoms with Crippen LogP contribution >= 0.6 is 0 Å². The quantitative estimate of drug-likeness (QED) is 0.641. The standard InChI is InChI=1S/C13H11N2/c1-11-7-9-13(10-8-11)15-14-12-5-3-2-4-6-12/h3-10H,1H3. The molecule has 0 unspecified atom stereocenters. The van der Waals surface area contributed by atoms with Gasteiger partial charge in [-0.3, -0.25) is 0 Å². The molecule has 73 valence electrons. The summed E-state index contributed by atoms with van der Waals surface area (Å²) in [4.78, 5) is 0. The molecule has 0 aliphatic heterocycles. The van der Waals surface area contributed by atoms with Gasteiger partial charge in [0.15, 0.2) is 0 Å². The molecule has 0 fully saturated rings. The predicted molar refractivity (Wildman–Crippen MR) is 60.6 cm³/mol. The fraction of sp³-hybridized carbons (Fsp3) is 0.0769. The molecule has 0 saturated heterocycles. The Bertz CT molecular complexity index is 444. The van der Waals surface area contributed by atoms with Gasteiger partial charge in [0.05, 0.1) is 11.4 Å². The van der Waals surface area contributed by atoms with Crippen molar-refractivity contribution in [3.8, 4) is 0 Å². The molecule has 1 radical (unpaired) electrons. The highest BCUT2D eigenvalue weighted by molar-refractivity contribution is 5.40. The molecule has 15 heavy (non-hydrogen) atoms. The molecule has 0 bridgehead atoms. The maximum atomic E-state index is 4.13. The first kappa shape index (κ1) is 9.59. The second-order valence-electron chi connectivity index (χ2n) is 3.29. The molecular formula is C13H11N2. The van der Waals surface area contributed by atoms with E-state index in [2.05, 4.69) is 16.3 Å². The van der Waals surface area contributed by atoms with Crippen molar-refractivity contribution in [2.24, 2.45) is 10.2 Å². The monoisotopic (exact) mass is 195 g/mol. The average molecular weight is 195 g/mol. The van der Waals surface area contributed by atoms with Crippen molar-refractivity contribution in [2.45, 2.75) is 6.92 Å². The first-order chi connectivity index (χ1) is 7.34. The third kappa shape index (κ3) is 2.74. The zero-order chi connectivity index (χ0) is 10.5. The lowest BCUT2D eigenvalue weighted by atomic mass is 10.2. The van der Waals surface area contributed by atoms with E-state index in [0.29, 0.717) is 0 Å². The number of benzene rings is 2. The number of rotatable bonds is 2. The maximum Gasteiger partial charge on any atom is 0.0857 e. The minimum Gasteiger partial charge on any atom is -0.151 e. The smallest absolute Gasteiger partial charge is 0.0857 e. The van der Waals surface area contributed by atoms with Gasteiger partial charge in [-0.25, -0.2) is 0 Å². The lowest BCUT2D eigenvalue weighted by molar-refractivity contribution is 1.23. The lowest BCUT2D eigenvalue weighted by Gasteiger charge is -1.93. The van der Waals surface area contributed by atoms with Gasteiger partial charge in [0.1, 0.15) is 0 Å². The fourth-order valence-corrected chi connectivity index (χ4v) is 1.17. The first-order valence-electron chi connectivity index (χ1n) is 4.79. The number of nitrogens with zero attached hydrogens (tertiary/aromatic N) is 2. The Labute approximate surface area is 89.3 Å². The van der Waals surface area contributed by atoms with Gasteiger partial charge in [-0.15, -0.1) is 0 Å². The Morgan fingerprint density at radius 2 is 1.33 bits per heavy atom. The van der Waals surface area contributed by atoms with Crippen molar-refractivity contribution in [1.82, 2.24) is 0 Å². The SMILES string of the molecule is Cc1ccc(N=Nc2cc[c]cc2)cc1. The van der Waals surface area contributed by atoms with Gasteiger partial charge in [-0.1, -0.05) is 29.8 Å². The predicted octanol–water partition coefficient (Wildman–Crippen LogP) is 4.21. The van der Waals surface area contributed by atoms with Crippen LogP contribution in [-0.4, -0.2) is 0 Å². The van der Waals surface area contributed by atoms with Gasteiger partial charge < -0.3 is 0 Å². The van der Waals surface area contributed by atoms with E-state index in [1.54, 1.807) is 0 Å². The summed E-state index contributed by atoms with van der Waals surface area (Å²) in [6.07, 6.45) is 0. The summed E-state index contributed by atoms with van der Waals surface area (Å²) in [5.74, 6) is 0. The highest BCUT2D eigenvalue weighted by Crippen LogP contribution is 2.17. The molecule has 2 aromatic carbocycles. The van der Waals surface area contributed by atoms with Gasteiger partial charge >= 0.3 is 0 Å². The van der Waals surface area contributed by atoms with E-state index in [0.717, 1.165) is 11.4 Å². The number of hydrogen-bond donors (Lipinski definition) is 0. The van der Waals surface area contributed by atoms with Crippen LogP contribution in [0.25, 0.3) is 0 Å². The molecule has 0 N–H and O–H groups in total. The third-order valence-corrected chi connectivity index (χ3v) is 2.02. The Hall–Kier alpha value is -1.96. The summed E-state index contributed by atoms with van der Waals surface area (Å²) >= 11 is 0. The third-order valence-electron chi connectivity index (χ3n) is 2.02. The van der Waals surface area contributed by atoms with Crippen LogP contribution in [0, 0.1) is 13.0 Å². The van der Waals surface area contributed by atoms with Crippen LogP contribution in [0.3, 0.4) is 0 Å². The number of aryl methyl sites for hydroxylation is 1. The maximum absolute atomic E-state index is 4.13. The van der Waals surface area contributed by atoms with Gasteiger partial charge in [-0.2, -0.15) is 10.2 Å². The van der Waals surface area contributed by atoms with Gasteiger partial charge in [-0.05, 0) is 37.3 Å². The summed E-state index contributed by atoms with van der Waals surface area (Å²) in [5, 5.41) is 8.24. The molecule has 0 heterocycles. The van der Waals surface area contributed by atoms with E-state index in [1.165, 1.54) is 5.56 Å². The Kier molecular flexibility index (Phi) is 2.88. The average Bonchev–Trinajstić information content (AvgIpc) is 2.30. The van der Waals surface area contributed by atoms with Gasteiger partial charge in [0, 0.05) is 0 Å². The van der Waals surface area contributed by atoms with Crippen molar-refractivity contribution in [2.75, 3.05) is 0 Å². The molecule has 0 amide bonds. The molecular weight excluding hydrogens is 184 g/mol. The molecule has 0 aliphatic carbocycles. The van der Waals surface area contributed by atoms with Crippen molar-refractivity contribution >= 4 is 11.4 Å². The summed E-state index contributed by atoms with van der Waals surface area (Å²) < 4.78 is 0. The lowest BCUT2D eigenvalue weighted by Crippen LogP contribution is -1.68. The minimum absolute atomic E-state index is 0.842. The van der Waals surface area contributed by atoms with Crippen LogP contribution < -0.4 is 0 Å². The molecule has 0 aromatic heterocycles. The first-order valence-corrected chi connectivity index (χ1v) is 4.79. The topological polar surface area (TPSA) is 24.7 Å². The van der Waals surface area contributed by atoms with Gasteiger partial charge in [0.2, 0.25) is 0 Å². The van der Waals surface area contributed by atoms with Crippen LogP contribution in [0.1, 0.15) is 5.56 Å². The van der Waals surface area contributed by atoms with Crippen LogP contribution in [0.15, 0.2) is 58.8 Å². The molecule has 0 atom stereocenters. The van der Waals surface area contributed by atoms with Crippen LogP contribution in [0.4, 0.5) is 11.4 Å². The zero-order valence-electron chi connectivity index (χ0n) is 8.51. The summed E-state index contributed by atoms with van der Waals surface area (Å²) in [5.41, 5.74) is 2.94. The zero-order valence-corrected chi connectivity index (χ0v) is 8.51. The Balaban J connectivity index is 2.15. The van der Waals surface area contributed by atoms with E-state index in [-0.39, 0.29) is 0 Å². The van der Waals surface area contributed by atoms with E-state index < -0.39 is 0 Å². The second-order valence-corrected chi connectivity index (χ2v) is 3.29. The Morgan fingerprint density at radius 1 is 0.800 bits per heavy atom. The largest absolute Gasteiger partial charge is 0.151 e. The number of azo groups is 1. The summed E-state index contributed by atoms with van der Waals surface area (Å²) in [7, 11) is 0. The van der Waals surface area contributed by atoms with Crippen molar-refractivity contribution < 1.29 is 0 Å². The summed E-state index contributed by atoms with van der Waals surface area (Å²) in [6.45, 7) is 2.05. The highest BCUT2D eigenvalue weighted by atomic mass is 15.1. The normalized spacial score (nSPS) is 10.7. The van der Waals surface area contributed by atoms with Crippen LogP contribution in [-0.2, 0) is 0 Å². The van der Waals surface area contributed by atoms with Crippen molar-refractivity contribution in [3.05, 3.63) is 60.2 Å². The fourth-order valence-electron chi connectivity index (χ4n) is 1.17. The van der Waals surface area contributed by atoms with Crippen LogP contribution in [0.5, 0.6) is 0 Å². The van der Waals surface area contributed by atoms with Gasteiger partial charge in [0.25, 0.3) is 0 Å². The molecule has 0 spiro atoms. The van der Waals surface area contributed by atoms with E-state index in [9.17, 15) is 0 Å². The molecule has 2 aromatic rings. The van der Waals surface area contributed by atoms with E-state index >= 15 is 0 Å². The van der Waals surface area contributed by atoms with Crippen LogP contribution in [0.2, 0.25) is 0 Å². The van der Waals surface area contributed by atoms with Crippen molar-refractivity contribution in [1.29, 1.82) is 0 Å². The molecule has 2 heteroatoms. The molecule has 0 saturated carbocycles. The summed E-state index contributed by atoms with van der Waals surface area (Å²) in [6, 6.07) is 18.3. The minimum atomic E-state index is 0.842. The number of hydrogen-bond acceptors (Lipinski definition) is 2.